The SMILES string of the molecule is CCCC(CC(=O)O)c1cc(F)cc(F)c1. The summed E-state index contributed by atoms with van der Waals surface area (Å²) in [7, 11) is 0. The highest BCUT2D eigenvalue weighted by Gasteiger charge is 2.16. The Morgan fingerprint density at radius 2 is 1.88 bits per heavy atom. The second-order valence-electron chi connectivity index (χ2n) is 3.79. The minimum Gasteiger partial charge on any atom is -0.481 e. The van der Waals surface area contributed by atoms with Gasteiger partial charge in [-0.25, -0.2) is 8.78 Å². The highest BCUT2D eigenvalue weighted by molar-refractivity contribution is 5.68. The first-order valence-corrected chi connectivity index (χ1v) is 5.20. The molecule has 0 heterocycles. The number of carboxylic acid groups (broad SMARTS) is 1. The van der Waals surface area contributed by atoms with Crippen LogP contribution in [0.25, 0.3) is 0 Å². The molecule has 2 nitrogen and oxygen atoms in total. The Bertz CT molecular complexity index is 357. The van der Waals surface area contributed by atoms with E-state index in [0.29, 0.717) is 12.0 Å². The fourth-order valence-corrected chi connectivity index (χ4v) is 1.76. The average molecular weight is 228 g/mol. The molecule has 0 aromatic heterocycles. The van der Waals surface area contributed by atoms with Crippen LogP contribution in [0.15, 0.2) is 18.2 Å². The van der Waals surface area contributed by atoms with Gasteiger partial charge in [-0.3, -0.25) is 4.79 Å². The van der Waals surface area contributed by atoms with Crippen LogP contribution in [0, 0.1) is 11.6 Å². The Labute approximate surface area is 92.9 Å². The molecule has 1 aromatic rings. The van der Waals surface area contributed by atoms with E-state index in [0.717, 1.165) is 12.5 Å². The second-order valence-corrected chi connectivity index (χ2v) is 3.79. The van der Waals surface area contributed by atoms with Gasteiger partial charge in [-0.05, 0) is 30.0 Å². The van der Waals surface area contributed by atoms with Gasteiger partial charge in [0.2, 0.25) is 0 Å². The Kier molecular flexibility index (Phi) is 4.40. The van der Waals surface area contributed by atoms with Crippen LogP contribution in [-0.2, 0) is 4.79 Å². The van der Waals surface area contributed by atoms with E-state index in [9.17, 15) is 13.6 Å². The molecule has 0 saturated heterocycles. The number of aliphatic carboxylic acids is 1. The van der Waals surface area contributed by atoms with Crippen LogP contribution in [-0.4, -0.2) is 11.1 Å². The molecule has 1 N–H and O–H groups in total. The maximum Gasteiger partial charge on any atom is 0.303 e. The predicted octanol–water partition coefficient (Wildman–Crippen LogP) is 3.32. The van der Waals surface area contributed by atoms with E-state index in [4.69, 9.17) is 5.11 Å². The predicted molar refractivity (Wildman–Crippen MR) is 56.3 cm³/mol. The van der Waals surface area contributed by atoms with Gasteiger partial charge in [-0.15, -0.1) is 0 Å². The van der Waals surface area contributed by atoms with Gasteiger partial charge < -0.3 is 5.11 Å². The van der Waals surface area contributed by atoms with Crippen LogP contribution in [0.1, 0.15) is 37.7 Å². The van der Waals surface area contributed by atoms with Crippen molar-refractivity contribution in [1.82, 2.24) is 0 Å². The first-order valence-electron chi connectivity index (χ1n) is 5.20. The first-order chi connectivity index (χ1) is 7.52. The molecule has 88 valence electrons. The van der Waals surface area contributed by atoms with Crippen LogP contribution in [0.2, 0.25) is 0 Å². The first kappa shape index (κ1) is 12.6. The van der Waals surface area contributed by atoms with E-state index in [1.807, 2.05) is 6.92 Å². The van der Waals surface area contributed by atoms with E-state index in [1.54, 1.807) is 0 Å². The van der Waals surface area contributed by atoms with Crippen molar-refractivity contribution in [3.63, 3.8) is 0 Å². The third-order valence-corrected chi connectivity index (χ3v) is 2.41. The normalized spacial score (nSPS) is 12.4. The van der Waals surface area contributed by atoms with E-state index in [-0.39, 0.29) is 12.3 Å². The van der Waals surface area contributed by atoms with Crippen LogP contribution in [0.3, 0.4) is 0 Å². The highest BCUT2D eigenvalue weighted by atomic mass is 19.1. The Balaban J connectivity index is 2.95. The molecule has 1 rings (SSSR count). The van der Waals surface area contributed by atoms with Crippen molar-refractivity contribution in [3.8, 4) is 0 Å². The minimum absolute atomic E-state index is 0.100. The van der Waals surface area contributed by atoms with Crippen LogP contribution in [0.5, 0.6) is 0 Å². The van der Waals surface area contributed by atoms with E-state index >= 15 is 0 Å². The Morgan fingerprint density at radius 1 is 1.31 bits per heavy atom. The zero-order chi connectivity index (χ0) is 12.1. The van der Waals surface area contributed by atoms with Gasteiger partial charge in [0, 0.05) is 6.07 Å². The van der Waals surface area contributed by atoms with E-state index in [1.165, 1.54) is 12.1 Å². The highest BCUT2D eigenvalue weighted by Crippen LogP contribution is 2.26. The molecule has 0 saturated carbocycles. The maximum atomic E-state index is 13.0. The lowest BCUT2D eigenvalue weighted by Crippen LogP contribution is -2.07. The van der Waals surface area contributed by atoms with Crippen molar-refractivity contribution in [2.75, 3.05) is 0 Å². The molecule has 0 fully saturated rings. The molecule has 0 amide bonds. The monoisotopic (exact) mass is 228 g/mol. The summed E-state index contributed by atoms with van der Waals surface area (Å²) in [5.74, 6) is -2.61. The summed E-state index contributed by atoms with van der Waals surface area (Å²) >= 11 is 0. The van der Waals surface area contributed by atoms with Crippen molar-refractivity contribution in [2.24, 2.45) is 0 Å². The summed E-state index contributed by atoms with van der Waals surface area (Å²) in [6, 6.07) is 3.19. The summed E-state index contributed by atoms with van der Waals surface area (Å²) in [6.45, 7) is 1.91. The number of halogens is 2. The molecule has 0 radical (unpaired) electrons. The molecule has 0 spiro atoms. The molecule has 1 unspecified atom stereocenters. The number of rotatable bonds is 5. The Hall–Kier alpha value is -1.45. The van der Waals surface area contributed by atoms with Gasteiger partial charge in [0.1, 0.15) is 11.6 Å². The van der Waals surface area contributed by atoms with Gasteiger partial charge in [-0.2, -0.15) is 0 Å². The number of benzene rings is 1. The van der Waals surface area contributed by atoms with Crippen molar-refractivity contribution in [2.45, 2.75) is 32.1 Å². The third kappa shape index (κ3) is 3.61. The van der Waals surface area contributed by atoms with Gasteiger partial charge in [0.25, 0.3) is 0 Å². The van der Waals surface area contributed by atoms with Gasteiger partial charge >= 0.3 is 5.97 Å². The molecule has 4 heteroatoms. The number of carboxylic acids is 1. The van der Waals surface area contributed by atoms with Gasteiger partial charge in [0.15, 0.2) is 0 Å². The maximum absolute atomic E-state index is 13.0. The molecule has 0 bridgehead atoms. The van der Waals surface area contributed by atoms with Crippen molar-refractivity contribution in [1.29, 1.82) is 0 Å². The van der Waals surface area contributed by atoms with Gasteiger partial charge in [0.05, 0.1) is 6.42 Å². The number of carbonyl (C=O) groups is 1. The summed E-state index contributed by atoms with van der Waals surface area (Å²) < 4.78 is 26.0. The quantitative estimate of drug-likeness (QED) is 0.839. The van der Waals surface area contributed by atoms with Gasteiger partial charge in [-0.1, -0.05) is 13.3 Å². The standard InChI is InChI=1S/C12H14F2O2/c1-2-3-8(6-12(15)16)9-4-10(13)7-11(14)5-9/h4-5,7-8H,2-3,6H2,1H3,(H,15,16). The fourth-order valence-electron chi connectivity index (χ4n) is 1.76. The van der Waals surface area contributed by atoms with Crippen LogP contribution in [0.4, 0.5) is 8.78 Å². The molecule has 1 aromatic carbocycles. The molecule has 0 aliphatic carbocycles. The molecule has 0 aliphatic heterocycles. The lowest BCUT2D eigenvalue weighted by Gasteiger charge is -2.14. The molecule has 1 atom stereocenters. The Morgan fingerprint density at radius 3 is 2.31 bits per heavy atom. The molecular formula is C12H14F2O2. The summed E-state index contributed by atoms with van der Waals surface area (Å²) in [4.78, 5) is 10.6. The largest absolute Gasteiger partial charge is 0.481 e. The summed E-state index contributed by atoms with van der Waals surface area (Å²) in [5, 5.41) is 8.72. The third-order valence-electron chi connectivity index (χ3n) is 2.41. The molecule has 0 aliphatic rings. The van der Waals surface area contributed by atoms with Crippen LogP contribution < -0.4 is 0 Å². The smallest absolute Gasteiger partial charge is 0.303 e. The lowest BCUT2D eigenvalue weighted by atomic mass is 9.91. The van der Waals surface area contributed by atoms with Crippen molar-refractivity contribution >= 4 is 5.97 Å². The van der Waals surface area contributed by atoms with E-state index in [2.05, 4.69) is 0 Å². The summed E-state index contributed by atoms with van der Waals surface area (Å²) in [5.41, 5.74) is 0.418. The molecular weight excluding hydrogens is 214 g/mol. The minimum atomic E-state index is -0.955. The molecule has 16 heavy (non-hydrogen) atoms. The zero-order valence-electron chi connectivity index (χ0n) is 9.04. The van der Waals surface area contributed by atoms with E-state index < -0.39 is 17.6 Å². The average Bonchev–Trinajstić information content (AvgIpc) is 2.14. The topological polar surface area (TPSA) is 37.3 Å². The lowest BCUT2D eigenvalue weighted by molar-refractivity contribution is -0.137. The van der Waals surface area contributed by atoms with Crippen molar-refractivity contribution < 1.29 is 18.7 Å². The number of hydrogen-bond donors (Lipinski definition) is 1. The summed E-state index contributed by atoms with van der Waals surface area (Å²) in [6.07, 6.45) is 1.28. The van der Waals surface area contributed by atoms with Crippen molar-refractivity contribution in [3.05, 3.63) is 35.4 Å². The fraction of sp³-hybridized carbons (Fsp3) is 0.417. The number of hydrogen-bond acceptors (Lipinski definition) is 1. The second kappa shape index (κ2) is 5.58. The zero-order valence-corrected chi connectivity index (χ0v) is 9.04. The van der Waals surface area contributed by atoms with Crippen LogP contribution >= 0.6 is 0 Å².